The number of hydrogen-bond acceptors (Lipinski definition) is 3. The first-order valence-corrected chi connectivity index (χ1v) is 6.85. The third kappa shape index (κ3) is 4.41. The Balaban J connectivity index is 1.69. The highest BCUT2D eigenvalue weighted by Crippen LogP contribution is 2.13. The van der Waals surface area contributed by atoms with Gasteiger partial charge in [0.2, 0.25) is 0 Å². The average molecular weight is 249 g/mol. The Morgan fingerprint density at radius 3 is 2.61 bits per heavy atom. The number of nitrogens with two attached hydrogens (primary N) is 1. The van der Waals surface area contributed by atoms with E-state index in [-0.39, 0.29) is 0 Å². The van der Waals surface area contributed by atoms with Gasteiger partial charge in [0.1, 0.15) is 0 Å². The second-order valence-corrected chi connectivity index (χ2v) is 4.86. The topological polar surface area (TPSA) is 44.5 Å². The maximum atomic E-state index is 5.71. The number of rotatable bonds is 6. The largest absolute Gasteiger partial charge is 0.376 e. The van der Waals surface area contributed by atoms with Crippen LogP contribution >= 0.6 is 0 Å². The van der Waals surface area contributed by atoms with Gasteiger partial charge in [-0.2, -0.15) is 0 Å². The van der Waals surface area contributed by atoms with Gasteiger partial charge < -0.3 is 15.2 Å². The van der Waals surface area contributed by atoms with Crippen molar-refractivity contribution < 1.29 is 9.47 Å². The minimum atomic E-state index is 0.301. The van der Waals surface area contributed by atoms with Crippen LogP contribution in [0.5, 0.6) is 0 Å². The second-order valence-electron chi connectivity index (χ2n) is 4.86. The van der Waals surface area contributed by atoms with Crippen LogP contribution in [0.3, 0.4) is 0 Å². The molecule has 0 radical (unpaired) electrons. The van der Waals surface area contributed by atoms with Crippen LogP contribution in [-0.4, -0.2) is 25.9 Å². The zero-order valence-electron chi connectivity index (χ0n) is 10.9. The Labute approximate surface area is 109 Å². The van der Waals surface area contributed by atoms with Gasteiger partial charge in [-0.25, -0.2) is 0 Å². The molecule has 0 aromatic heterocycles. The highest BCUT2D eigenvalue weighted by atomic mass is 16.5. The maximum Gasteiger partial charge on any atom is 0.0808 e. The summed E-state index contributed by atoms with van der Waals surface area (Å²) in [6, 6.07) is 8.49. The minimum Gasteiger partial charge on any atom is -0.376 e. The van der Waals surface area contributed by atoms with E-state index in [1.807, 2.05) is 0 Å². The maximum absolute atomic E-state index is 5.71. The molecule has 0 aliphatic carbocycles. The molecular weight excluding hydrogens is 226 g/mol. The molecule has 1 unspecified atom stereocenters. The van der Waals surface area contributed by atoms with Gasteiger partial charge in [-0.15, -0.1) is 0 Å². The molecular formula is C15H23NO2. The van der Waals surface area contributed by atoms with Crippen LogP contribution in [0.4, 0.5) is 0 Å². The lowest BCUT2D eigenvalue weighted by Crippen LogP contribution is -2.24. The summed E-state index contributed by atoms with van der Waals surface area (Å²) in [5.41, 5.74) is 8.03. The highest BCUT2D eigenvalue weighted by Gasteiger charge is 2.13. The van der Waals surface area contributed by atoms with E-state index < -0.39 is 0 Å². The van der Waals surface area contributed by atoms with Gasteiger partial charge in [0.15, 0.2) is 0 Å². The zero-order valence-corrected chi connectivity index (χ0v) is 10.9. The molecule has 1 saturated heterocycles. The van der Waals surface area contributed by atoms with Crippen LogP contribution in [0.2, 0.25) is 0 Å². The van der Waals surface area contributed by atoms with Gasteiger partial charge in [-0.05, 0) is 43.4 Å². The SMILES string of the molecule is NCCc1ccc(COCC2CCCCO2)cc1. The van der Waals surface area contributed by atoms with Crippen molar-refractivity contribution in [2.75, 3.05) is 19.8 Å². The molecule has 0 bridgehead atoms. The summed E-state index contributed by atoms with van der Waals surface area (Å²) in [7, 11) is 0. The third-order valence-electron chi connectivity index (χ3n) is 3.30. The fourth-order valence-corrected chi connectivity index (χ4v) is 2.22. The van der Waals surface area contributed by atoms with Gasteiger partial charge in [0.25, 0.3) is 0 Å². The predicted molar refractivity (Wildman–Crippen MR) is 72.4 cm³/mol. The summed E-state index contributed by atoms with van der Waals surface area (Å²) >= 11 is 0. The molecule has 1 fully saturated rings. The van der Waals surface area contributed by atoms with Crippen molar-refractivity contribution in [2.45, 2.75) is 38.4 Å². The molecule has 0 saturated carbocycles. The number of ether oxygens (including phenoxy) is 2. The lowest BCUT2D eigenvalue weighted by molar-refractivity contribution is -0.0447. The molecule has 1 aliphatic heterocycles. The molecule has 2 N–H and O–H groups in total. The van der Waals surface area contributed by atoms with Crippen molar-refractivity contribution in [3.8, 4) is 0 Å². The molecule has 3 heteroatoms. The second kappa shape index (κ2) is 7.52. The third-order valence-corrected chi connectivity index (χ3v) is 3.30. The van der Waals surface area contributed by atoms with Crippen molar-refractivity contribution >= 4 is 0 Å². The fraction of sp³-hybridized carbons (Fsp3) is 0.600. The van der Waals surface area contributed by atoms with Crippen molar-refractivity contribution in [2.24, 2.45) is 5.73 Å². The first kappa shape index (κ1) is 13.5. The summed E-state index contributed by atoms with van der Waals surface area (Å²) in [5, 5.41) is 0. The number of hydrogen-bond donors (Lipinski definition) is 1. The van der Waals surface area contributed by atoms with E-state index in [1.54, 1.807) is 0 Å². The monoisotopic (exact) mass is 249 g/mol. The fourth-order valence-electron chi connectivity index (χ4n) is 2.22. The van der Waals surface area contributed by atoms with Crippen molar-refractivity contribution in [1.82, 2.24) is 0 Å². The molecule has 18 heavy (non-hydrogen) atoms. The molecule has 0 spiro atoms. The summed E-state index contributed by atoms with van der Waals surface area (Å²) in [5.74, 6) is 0. The Morgan fingerprint density at radius 2 is 1.94 bits per heavy atom. The van der Waals surface area contributed by atoms with E-state index >= 15 is 0 Å². The zero-order chi connectivity index (χ0) is 12.6. The molecule has 3 nitrogen and oxygen atoms in total. The summed E-state index contributed by atoms with van der Waals surface area (Å²) in [4.78, 5) is 0. The molecule has 1 aliphatic rings. The predicted octanol–water partition coefficient (Wildman–Crippen LogP) is 2.27. The first-order chi connectivity index (χ1) is 8.88. The molecule has 1 heterocycles. The van der Waals surface area contributed by atoms with E-state index in [0.717, 1.165) is 19.4 Å². The summed E-state index contributed by atoms with van der Waals surface area (Å²) in [6.07, 6.45) is 4.84. The Bertz CT molecular complexity index is 331. The Hall–Kier alpha value is -0.900. The molecule has 2 rings (SSSR count). The van der Waals surface area contributed by atoms with E-state index in [0.29, 0.717) is 25.9 Å². The quantitative estimate of drug-likeness (QED) is 0.841. The van der Waals surface area contributed by atoms with Crippen molar-refractivity contribution in [1.29, 1.82) is 0 Å². The first-order valence-electron chi connectivity index (χ1n) is 6.85. The van der Waals surface area contributed by atoms with E-state index in [1.165, 1.54) is 24.0 Å². The number of benzene rings is 1. The summed E-state index contributed by atoms with van der Waals surface area (Å²) < 4.78 is 11.3. The standard InChI is InChI=1S/C15H23NO2/c16-9-8-13-4-6-14(7-5-13)11-17-12-15-3-1-2-10-18-15/h4-7,15H,1-3,8-12,16H2. The Morgan fingerprint density at radius 1 is 1.17 bits per heavy atom. The van der Waals surface area contributed by atoms with E-state index in [2.05, 4.69) is 24.3 Å². The minimum absolute atomic E-state index is 0.301. The van der Waals surface area contributed by atoms with Crippen molar-refractivity contribution in [3.05, 3.63) is 35.4 Å². The van der Waals surface area contributed by atoms with Gasteiger partial charge >= 0.3 is 0 Å². The van der Waals surface area contributed by atoms with Crippen LogP contribution in [0.25, 0.3) is 0 Å². The molecule has 0 amide bonds. The average Bonchev–Trinajstić information content (AvgIpc) is 2.42. The van der Waals surface area contributed by atoms with Crippen LogP contribution in [0, 0.1) is 0 Å². The smallest absolute Gasteiger partial charge is 0.0808 e. The van der Waals surface area contributed by atoms with Crippen LogP contribution in [0.1, 0.15) is 30.4 Å². The van der Waals surface area contributed by atoms with Crippen LogP contribution < -0.4 is 5.73 Å². The van der Waals surface area contributed by atoms with Gasteiger partial charge in [-0.1, -0.05) is 24.3 Å². The van der Waals surface area contributed by atoms with Gasteiger partial charge in [0.05, 0.1) is 19.3 Å². The van der Waals surface area contributed by atoms with Gasteiger partial charge in [-0.3, -0.25) is 0 Å². The van der Waals surface area contributed by atoms with E-state index in [9.17, 15) is 0 Å². The molecule has 1 aromatic carbocycles. The van der Waals surface area contributed by atoms with Crippen LogP contribution in [-0.2, 0) is 22.5 Å². The highest BCUT2D eigenvalue weighted by molar-refractivity contribution is 5.22. The normalized spacial score (nSPS) is 19.9. The lowest BCUT2D eigenvalue weighted by atomic mass is 10.1. The van der Waals surface area contributed by atoms with Crippen molar-refractivity contribution in [3.63, 3.8) is 0 Å². The summed E-state index contributed by atoms with van der Waals surface area (Å²) in [6.45, 7) is 2.98. The molecule has 1 aromatic rings. The molecule has 1 atom stereocenters. The molecule has 100 valence electrons. The van der Waals surface area contributed by atoms with Crippen LogP contribution in [0.15, 0.2) is 24.3 Å². The lowest BCUT2D eigenvalue weighted by Gasteiger charge is -2.22. The van der Waals surface area contributed by atoms with Gasteiger partial charge in [0, 0.05) is 6.61 Å². The Kier molecular flexibility index (Phi) is 5.65. The van der Waals surface area contributed by atoms with E-state index in [4.69, 9.17) is 15.2 Å².